The zero-order valence-corrected chi connectivity index (χ0v) is 12.8. The van der Waals surface area contributed by atoms with E-state index in [0.717, 1.165) is 27.9 Å². The predicted octanol–water partition coefficient (Wildman–Crippen LogP) is 3.45. The van der Waals surface area contributed by atoms with Gasteiger partial charge in [-0.1, -0.05) is 30.3 Å². The van der Waals surface area contributed by atoms with E-state index in [1.54, 1.807) is 24.5 Å². The molecule has 5 heteroatoms. The van der Waals surface area contributed by atoms with E-state index in [0.29, 0.717) is 5.69 Å². The van der Waals surface area contributed by atoms with Gasteiger partial charge < -0.3 is 4.98 Å². The van der Waals surface area contributed by atoms with Gasteiger partial charge in [-0.25, -0.2) is 4.98 Å². The highest BCUT2D eigenvalue weighted by atomic mass is 16.1. The van der Waals surface area contributed by atoms with Crippen molar-refractivity contribution in [2.75, 3.05) is 0 Å². The molecule has 0 amide bonds. The highest BCUT2D eigenvalue weighted by Crippen LogP contribution is 2.23. The van der Waals surface area contributed by atoms with Gasteiger partial charge in [-0.05, 0) is 35.4 Å². The number of nitrogens with zero attached hydrogens (tertiary/aromatic N) is 3. The van der Waals surface area contributed by atoms with Crippen molar-refractivity contribution in [1.82, 2.24) is 20.2 Å². The summed E-state index contributed by atoms with van der Waals surface area (Å²) in [5.41, 5.74) is 4.15. The first-order valence-electron chi connectivity index (χ1n) is 7.63. The predicted molar refractivity (Wildman–Crippen MR) is 91.6 cm³/mol. The van der Waals surface area contributed by atoms with Gasteiger partial charge in [0.15, 0.2) is 5.78 Å². The van der Waals surface area contributed by atoms with Crippen LogP contribution in [0, 0.1) is 0 Å². The SMILES string of the molecule is O=C(Cc1cnc2[nH]c(-c3ccccc3)cc2c1)c1cccnn1. The van der Waals surface area contributed by atoms with Crippen LogP contribution in [0.15, 0.2) is 67.0 Å². The number of aromatic nitrogens is 4. The summed E-state index contributed by atoms with van der Waals surface area (Å²) in [5.74, 6) is -0.0666. The summed E-state index contributed by atoms with van der Waals surface area (Å²) in [7, 11) is 0. The standard InChI is InChI=1S/C19H14N4O/c24-18(16-7-4-8-21-23-16)10-13-9-15-11-17(22-19(15)20-12-13)14-5-2-1-3-6-14/h1-9,11-12H,10H2,(H,20,22). The van der Waals surface area contributed by atoms with E-state index in [1.165, 1.54) is 0 Å². The molecule has 0 atom stereocenters. The van der Waals surface area contributed by atoms with Crippen LogP contribution in [0.4, 0.5) is 0 Å². The molecular formula is C19H14N4O. The molecule has 0 radical (unpaired) electrons. The maximum absolute atomic E-state index is 12.2. The summed E-state index contributed by atoms with van der Waals surface area (Å²) in [6.07, 6.45) is 3.53. The van der Waals surface area contributed by atoms with Gasteiger partial charge in [0, 0.05) is 29.9 Å². The molecule has 0 spiro atoms. The maximum atomic E-state index is 12.2. The van der Waals surface area contributed by atoms with Crippen molar-refractivity contribution in [3.05, 3.63) is 78.2 Å². The lowest BCUT2D eigenvalue weighted by atomic mass is 10.1. The number of pyridine rings is 1. The van der Waals surface area contributed by atoms with Crippen LogP contribution in [0.1, 0.15) is 16.1 Å². The maximum Gasteiger partial charge on any atom is 0.187 e. The zero-order chi connectivity index (χ0) is 16.4. The molecule has 4 aromatic rings. The number of aromatic amines is 1. The molecule has 5 nitrogen and oxygen atoms in total. The lowest BCUT2D eigenvalue weighted by molar-refractivity contribution is 0.0987. The lowest BCUT2D eigenvalue weighted by Crippen LogP contribution is -2.06. The number of nitrogens with one attached hydrogen (secondary N) is 1. The van der Waals surface area contributed by atoms with E-state index >= 15 is 0 Å². The van der Waals surface area contributed by atoms with Gasteiger partial charge in [0.2, 0.25) is 0 Å². The first kappa shape index (κ1) is 14.3. The average Bonchev–Trinajstić information content (AvgIpc) is 3.06. The number of carbonyl (C=O) groups is 1. The number of ketones is 1. The van der Waals surface area contributed by atoms with E-state index in [2.05, 4.69) is 20.2 Å². The van der Waals surface area contributed by atoms with Crippen molar-refractivity contribution in [3.8, 4) is 11.3 Å². The van der Waals surface area contributed by atoms with Gasteiger partial charge in [0.1, 0.15) is 11.3 Å². The second-order valence-electron chi connectivity index (χ2n) is 5.54. The first-order valence-corrected chi connectivity index (χ1v) is 7.63. The molecule has 0 saturated heterocycles. The lowest BCUT2D eigenvalue weighted by Gasteiger charge is -2.00. The number of hydrogen-bond acceptors (Lipinski definition) is 4. The number of Topliss-reactive ketones (excluding diaryl/α,β-unsaturated/α-hetero) is 1. The molecule has 116 valence electrons. The van der Waals surface area contributed by atoms with Crippen molar-refractivity contribution < 1.29 is 4.79 Å². The van der Waals surface area contributed by atoms with Crippen LogP contribution in [-0.4, -0.2) is 25.9 Å². The molecule has 0 aliphatic rings. The first-order chi connectivity index (χ1) is 11.8. The Morgan fingerprint density at radius 1 is 1.04 bits per heavy atom. The molecule has 3 heterocycles. The van der Waals surface area contributed by atoms with Gasteiger partial charge in [-0.3, -0.25) is 4.79 Å². The summed E-state index contributed by atoms with van der Waals surface area (Å²) in [4.78, 5) is 20.0. The van der Waals surface area contributed by atoms with Gasteiger partial charge in [0.05, 0.1) is 0 Å². The molecule has 1 N–H and O–H groups in total. The molecule has 24 heavy (non-hydrogen) atoms. The number of hydrogen-bond donors (Lipinski definition) is 1. The van der Waals surface area contributed by atoms with Gasteiger partial charge in [0.25, 0.3) is 0 Å². The van der Waals surface area contributed by atoms with Crippen molar-refractivity contribution in [2.45, 2.75) is 6.42 Å². The van der Waals surface area contributed by atoms with E-state index in [4.69, 9.17) is 0 Å². The quantitative estimate of drug-likeness (QED) is 0.586. The van der Waals surface area contributed by atoms with E-state index in [1.807, 2.05) is 42.5 Å². The summed E-state index contributed by atoms with van der Waals surface area (Å²) in [6.45, 7) is 0. The number of carbonyl (C=O) groups excluding carboxylic acids is 1. The number of H-pyrrole nitrogens is 1. The number of fused-ring (bicyclic) bond motifs is 1. The van der Waals surface area contributed by atoms with Crippen LogP contribution in [0.2, 0.25) is 0 Å². The van der Waals surface area contributed by atoms with Crippen molar-refractivity contribution >= 4 is 16.8 Å². The Morgan fingerprint density at radius 2 is 1.92 bits per heavy atom. The van der Waals surface area contributed by atoms with Crippen LogP contribution < -0.4 is 0 Å². The highest BCUT2D eigenvalue weighted by molar-refractivity contribution is 5.96. The molecule has 0 saturated carbocycles. The molecule has 3 aromatic heterocycles. The number of benzene rings is 1. The van der Waals surface area contributed by atoms with Crippen LogP contribution in [0.25, 0.3) is 22.3 Å². The molecule has 1 aromatic carbocycles. The van der Waals surface area contributed by atoms with Crippen LogP contribution in [0.5, 0.6) is 0 Å². The summed E-state index contributed by atoms with van der Waals surface area (Å²) < 4.78 is 0. The normalized spacial score (nSPS) is 10.8. The smallest absolute Gasteiger partial charge is 0.187 e. The molecule has 0 aliphatic heterocycles. The van der Waals surface area contributed by atoms with Crippen LogP contribution in [0.3, 0.4) is 0 Å². The topological polar surface area (TPSA) is 71.5 Å². The molecule has 0 unspecified atom stereocenters. The Morgan fingerprint density at radius 3 is 2.71 bits per heavy atom. The molecular weight excluding hydrogens is 300 g/mol. The van der Waals surface area contributed by atoms with Crippen LogP contribution >= 0.6 is 0 Å². The third kappa shape index (κ3) is 2.79. The zero-order valence-electron chi connectivity index (χ0n) is 12.8. The minimum atomic E-state index is -0.0666. The Kier molecular flexibility index (Phi) is 3.59. The summed E-state index contributed by atoms with van der Waals surface area (Å²) >= 11 is 0. The summed E-state index contributed by atoms with van der Waals surface area (Å²) in [6, 6.07) is 17.5. The Balaban J connectivity index is 1.63. The van der Waals surface area contributed by atoms with E-state index < -0.39 is 0 Å². The van der Waals surface area contributed by atoms with Gasteiger partial charge in [-0.2, -0.15) is 5.10 Å². The fourth-order valence-corrected chi connectivity index (χ4v) is 2.66. The van der Waals surface area contributed by atoms with Crippen molar-refractivity contribution in [2.24, 2.45) is 0 Å². The Labute approximate surface area is 138 Å². The molecule has 0 fully saturated rings. The second kappa shape index (κ2) is 6.04. The number of rotatable bonds is 4. The van der Waals surface area contributed by atoms with Gasteiger partial charge >= 0.3 is 0 Å². The molecule has 0 bridgehead atoms. The Bertz CT molecular complexity index is 994. The second-order valence-corrected chi connectivity index (χ2v) is 5.54. The minimum absolute atomic E-state index is 0.0666. The molecule has 0 aliphatic carbocycles. The minimum Gasteiger partial charge on any atom is -0.339 e. The fourth-order valence-electron chi connectivity index (χ4n) is 2.66. The van der Waals surface area contributed by atoms with E-state index in [9.17, 15) is 4.79 Å². The largest absolute Gasteiger partial charge is 0.339 e. The third-order valence-corrected chi connectivity index (χ3v) is 3.83. The van der Waals surface area contributed by atoms with E-state index in [-0.39, 0.29) is 12.2 Å². The van der Waals surface area contributed by atoms with Crippen molar-refractivity contribution in [1.29, 1.82) is 0 Å². The van der Waals surface area contributed by atoms with Crippen molar-refractivity contribution in [3.63, 3.8) is 0 Å². The molecule has 4 rings (SSSR count). The average molecular weight is 314 g/mol. The summed E-state index contributed by atoms with van der Waals surface area (Å²) in [5, 5.41) is 8.58. The Hall–Kier alpha value is -3.34. The highest BCUT2D eigenvalue weighted by Gasteiger charge is 2.11. The fraction of sp³-hybridized carbons (Fsp3) is 0.0526. The van der Waals surface area contributed by atoms with Crippen LogP contribution in [-0.2, 0) is 6.42 Å². The monoisotopic (exact) mass is 314 g/mol. The third-order valence-electron chi connectivity index (χ3n) is 3.83. The van der Waals surface area contributed by atoms with Gasteiger partial charge in [-0.15, -0.1) is 5.10 Å².